The predicted molar refractivity (Wildman–Crippen MR) is 83.3 cm³/mol. The summed E-state index contributed by atoms with van der Waals surface area (Å²) in [5.74, 6) is -0.497. The number of hydrogen-bond acceptors (Lipinski definition) is 2. The van der Waals surface area contributed by atoms with Crippen LogP contribution in [0.4, 0.5) is 10.1 Å². The van der Waals surface area contributed by atoms with Crippen molar-refractivity contribution in [2.24, 2.45) is 0 Å². The highest BCUT2D eigenvalue weighted by Crippen LogP contribution is 2.28. The number of benzene rings is 2. The first kappa shape index (κ1) is 14.0. The fraction of sp³-hybridized carbons (Fsp3) is 0.0588. The van der Waals surface area contributed by atoms with Crippen LogP contribution in [0.25, 0.3) is 16.9 Å². The normalized spacial score (nSPS) is 10.5. The Labute approximate surface area is 127 Å². The number of carbonyl (C=O) groups excluding carboxylic acids is 1. The van der Waals surface area contributed by atoms with Crippen molar-refractivity contribution in [3.8, 4) is 16.9 Å². The molecule has 22 heavy (non-hydrogen) atoms. The zero-order chi connectivity index (χ0) is 15.5. The van der Waals surface area contributed by atoms with E-state index in [2.05, 4.69) is 10.4 Å². The van der Waals surface area contributed by atoms with Crippen molar-refractivity contribution in [2.45, 2.75) is 6.92 Å². The van der Waals surface area contributed by atoms with Crippen molar-refractivity contribution >= 4 is 11.6 Å². The lowest BCUT2D eigenvalue weighted by molar-refractivity contribution is -0.114. The molecule has 0 aliphatic heterocycles. The van der Waals surface area contributed by atoms with Gasteiger partial charge in [0.05, 0.1) is 17.6 Å². The first-order valence-electron chi connectivity index (χ1n) is 6.82. The average molecular weight is 295 g/mol. The van der Waals surface area contributed by atoms with E-state index in [0.717, 1.165) is 11.3 Å². The Morgan fingerprint density at radius 2 is 1.77 bits per heavy atom. The molecule has 1 aromatic heterocycles. The van der Waals surface area contributed by atoms with Crippen LogP contribution in [-0.2, 0) is 4.79 Å². The smallest absolute Gasteiger partial charge is 0.221 e. The number of nitrogens with one attached hydrogen (secondary N) is 1. The van der Waals surface area contributed by atoms with Gasteiger partial charge >= 0.3 is 0 Å². The van der Waals surface area contributed by atoms with Crippen LogP contribution in [0.3, 0.4) is 0 Å². The number of carbonyl (C=O) groups is 1. The van der Waals surface area contributed by atoms with Gasteiger partial charge in [-0.3, -0.25) is 4.79 Å². The van der Waals surface area contributed by atoms with Crippen molar-refractivity contribution < 1.29 is 9.18 Å². The maximum Gasteiger partial charge on any atom is 0.221 e. The number of rotatable bonds is 3. The van der Waals surface area contributed by atoms with E-state index < -0.39 is 0 Å². The maximum atomic E-state index is 13.1. The van der Waals surface area contributed by atoms with Gasteiger partial charge in [-0.1, -0.05) is 18.2 Å². The van der Waals surface area contributed by atoms with Gasteiger partial charge in [-0.2, -0.15) is 5.10 Å². The van der Waals surface area contributed by atoms with Crippen LogP contribution in [0.2, 0.25) is 0 Å². The molecule has 0 aliphatic rings. The summed E-state index contributed by atoms with van der Waals surface area (Å²) in [7, 11) is 0. The summed E-state index contributed by atoms with van der Waals surface area (Å²) in [6, 6.07) is 15.6. The molecule has 0 atom stereocenters. The standard InChI is InChI=1S/C17H14FN3O/c1-12(22)19-16-11-21(15-5-3-2-4-6-15)20-17(16)13-7-9-14(18)10-8-13/h2-11H,1H3,(H,19,22). The van der Waals surface area contributed by atoms with Crippen molar-refractivity contribution in [1.82, 2.24) is 9.78 Å². The zero-order valence-electron chi connectivity index (χ0n) is 12.0. The molecular weight excluding hydrogens is 281 g/mol. The third-order valence-electron chi connectivity index (χ3n) is 3.16. The van der Waals surface area contributed by atoms with E-state index in [4.69, 9.17) is 0 Å². The Balaban J connectivity index is 2.09. The first-order chi connectivity index (χ1) is 10.6. The quantitative estimate of drug-likeness (QED) is 0.802. The Hall–Kier alpha value is -2.95. The molecule has 110 valence electrons. The summed E-state index contributed by atoms with van der Waals surface area (Å²) in [5, 5.41) is 7.27. The molecule has 3 rings (SSSR count). The highest BCUT2D eigenvalue weighted by molar-refractivity contribution is 5.93. The topological polar surface area (TPSA) is 46.9 Å². The highest BCUT2D eigenvalue weighted by atomic mass is 19.1. The molecule has 0 bridgehead atoms. The Bertz CT molecular complexity index is 795. The van der Waals surface area contributed by atoms with Gasteiger partial charge in [0.2, 0.25) is 5.91 Å². The molecule has 0 radical (unpaired) electrons. The SMILES string of the molecule is CC(=O)Nc1cn(-c2ccccc2)nc1-c1ccc(F)cc1. The largest absolute Gasteiger partial charge is 0.323 e. The van der Waals surface area contributed by atoms with Crippen LogP contribution in [0.15, 0.2) is 60.8 Å². The number of amides is 1. The van der Waals surface area contributed by atoms with Gasteiger partial charge in [-0.15, -0.1) is 0 Å². The average Bonchev–Trinajstić information content (AvgIpc) is 2.92. The van der Waals surface area contributed by atoms with Crippen molar-refractivity contribution in [3.63, 3.8) is 0 Å². The van der Waals surface area contributed by atoms with Gasteiger partial charge in [0, 0.05) is 12.5 Å². The summed E-state index contributed by atoms with van der Waals surface area (Å²) in [6.07, 6.45) is 1.75. The number of nitrogens with zero attached hydrogens (tertiary/aromatic N) is 2. The van der Waals surface area contributed by atoms with Crippen molar-refractivity contribution in [1.29, 1.82) is 0 Å². The third-order valence-corrected chi connectivity index (χ3v) is 3.16. The van der Waals surface area contributed by atoms with Gasteiger partial charge in [0.1, 0.15) is 11.5 Å². The van der Waals surface area contributed by atoms with Gasteiger partial charge in [-0.25, -0.2) is 9.07 Å². The molecule has 1 heterocycles. The molecule has 1 amide bonds. The second kappa shape index (κ2) is 5.81. The lowest BCUT2D eigenvalue weighted by Crippen LogP contribution is -2.05. The van der Waals surface area contributed by atoms with E-state index in [-0.39, 0.29) is 11.7 Å². The second-order valence-electron chi connectivity index (χ2n) is 4.86. The van der Waals surface area contributed by atoms with Crippen molar-refractivity contribution in [3.05, 3.63) is 66.6 Å². The highest BCUT2D eigenvalue weighted by Gasteiger charge is 2.13. The first-order valence-corrected chi connectivity index (χ1v) is 6.82. The minimum Gasteiger partial charge on any atom is -0.323 e. The fourth-order valence-corrected chi connectivity index (χ4v) is 2.19. The predicted octanol–water partition coefficient (Wildman–Crippen LogP) is 3.64. The summed E-state index contributed by atoms with van der Waals surface area (Å²) in [6.45, 7) is 1.44. The Kier molecular flexibility index (Phi) is 3.70. The molecule has 0 fully saturated rings. The van der Waals surface area contributed by atoms with E-state index in [1.165, 1.54) is 19.1 Å². The molecule has 1 N–H and O–H groups in total. The zero-order valence-corrected chi connectivity index (χ0v) is 12.0. The molecule has 0 spiro atoms. The van der Waals surface area contributed by atoms with E-state index in [0.29, 0.717) is 11.4 Å². The molecule has 3 aromatic rings. The van der Waals surface area contributed by atoms with Crippen LogP contribution in [0, 0.1) is 5.82 Å². The number of halogens is 1. The monoisotopic (exact) mass is 295 g/mol. The van der Waals surface area contributed by atoms with E-state index >= 15 is 0 Å². The van der Waals surface area contributed by atoms with Crippen LogP contribution in [0.5, 0.6) is 0 Å². The van der Waals surface area contributed by atoms with Crippen LogP contribution < -0.4 is 5.32 Å². The summed E-state index contributed by atoms with van der Waals surface area (Å²) < 4.78 is 14.8. The number of para-hydroxylation sites is 1. The lowest BCUT2D eigenvalue weighted by atomic mass is 10.1. The molecule has 5 heteroatoms. The van der Waals surface area contributed by atoms with E-state index in [1.807, 2.05) is 30.3 Å². The van der Waals surface area contributed by atoms with E-state index in [1.54, 1.807) is 23.0 Å². The lowest BCUT2D eigenvalue weighted by Gasteiger charge is -2.02. The molecule has 0 aliphatic carbocycles. The van der Waals surface area contributed by atoms with Crippen molar-refractivity contribution in [2.75, 3.05) is 5.32 Å². The summed E-state index contributed by atoms with van der Waals surface area (Å²) >= 11 is 0. The Morgan fingerprint density at radius 1 is 1.09 bits per heavy atom. The molecule has 4 nitrogen and oxygen atoms in total. The Morgan fingerprint density at radius 3 is 2.41 bits per heavy atom. The maximum absolute atomic E-state index is 13.1. The number of hydrogen-bond donors (Lipinski definition) is 1. The van der Waals surface area contributed by atoms with E-state index in [9.17, 15) is 9.18 Å². The molecule has 0 saturated heterocycles. The van der Waals surface area contributed by atoms with Crippen LogP contribution >= 0.6 is 0 Å². The number of aromatic nitrogens is 2. The molecule has 2 aromatic carbocycles. The van der Waals surface area contributed by atoms with Gasteiger partial charge < -0.3 is 5.32 Å². The second-order valence-corrected chi connectivity index (χ2v) is 4.86. The van der Waals surface area contributed by atoms with Gasteiger partial charge in [0.25, 0.3) is 0 Å². The minimum absolute atomic E-state index is 0.184. The number of anilines is 1. The summed E-state index contributed by atoms with van der Waals surface area (Å²) in [5.41, 5.74) is 2.80. The molecular formula is C17H14FN3O. The fourth-order valence-electron chi connectivity index (χ4n) is 2.19. The molecule has 0 unspecified atom stereocenters. The van der Waals surface area contributed by atoms with Crippen LogP contribution in [0.1, 0.15) is 6.92 Å². The summed E-state index contributed by atoms with van der Waals surface area (Å²) in [4.78, 5) is 11.4. The molecule has 0 saturated carbocycles. The minimum atomic E-state index is -0.313. The third kappa shape index (κ3) is 2.88. The van der Waals surface area contributed by atoms with Crippen LogP contribution in [-0.4, -0.2) is 15.7 Å². The van der Waals surface area contributed by atoms with Gasteiger partial charge in [-0.05, 0) is 36.4 Å². The van der Waals surface area contributed by atoms with Gasteiger partial charge in [0.15, 0.2) is 0 Å².